The number of imide groups is 1. The van der Waals surface area contributed by atoms with Crippen LogP contribution >= 0.6 is 81.2 Å². The third-order valence-corrected chi connectivity index (χ3v) is 9.83. The van der Waals surface area contributed by atoms with Gasteiger partial charge >= 0.3 is 0 Å². The monoisotopic (exact) mass is 520 g/mol. The van der Waals surface area contributed by atoms with Gasteiger partial charge in [0, 0.05) is 0 Å². The molecule has 3 aliphatic rings. The van der Waals surface area contributed by atoms with E-state index in [1.165, 1.54) is 12.1 Å². The van der Waals surface area contributed by atoms with E-state index in [0.29, 0.717) is 5.01 Å². The van der Waals surface area contributed by atoms with E-state index in [1.807, 2.05) is 0 Å². The van der Waals surface area contributed by atoms with Gasteiger partial charge in [0.2, 0.25) is 0 Å². The van der Waals surface area contributed by atoms with Gasteiger partial charge in [-0.15, -0.1) is 23.2 Å². The number of amides is 3. The van der Waals surface area contributed by atoms with Crippen molar-refractivity contribution in [1.29, 1.82) is 0 Å². The molecule has 2 fully saturated rings. The van der Waals surface area contributed by atoms with Crippen LogP contribution in [0.4, 0.5) is 0 Å². The van der Waals surface area contributed by atoms with E-state index in [2.05, 4.69) is 5.43 Å². The molecule has 3 amide bonds. The van der Waals surface area contributed by atoms with Crippen molar-refractivity contribution in [3.8, 4) is 0 Å². The number of hydrazine groups is 1. The van der Waals surface area contributed by atoms with Gasteiger partial charge < -0.3 is 0 Å². The van der Waals surface area contributed by atoms with Crippen LogP contribution in [0.5, 0.6) is 0 Å². The summed E-state index contributed by atoms with van der Waals surface area (Å²) in [5.74, 6) is -5.15. The summed E-state index contributed by atoms with van der Waals surface area (Å²) in [6.45, 7) is 0. The first-order chi connectivity index (χ1) is 12.9. The summed E-state index contributed by atoms with van der Waals surface area (Å²) in [5.41, 5.74) is 2.29. The minimum absolute atomic E-state index is 0.0594. The van der Waals surface area contributed by atoms with E-state index in [4.69, 9.17) is 81.2 Å². The molecule has 1 saturated heterocycles. The van der Waals surface area contributed by atoms with Crippen molar-refractivity contribution < 1.29 is 14.4 Å². The standard InChI is InChI=1S/C16H7Cl7N2O3/c17-6-4-2-1-3-5(6)11(26)24-25-12(27)7-8(13(25)28)15(21)10(19)9(18)14(7,20)16(15,22)23/h1-4,7-8H,(H,24,26)/t7-,8-,14+,15+/m0/s1. The predicted octanol–water partition coefficient (Wildman–Crippen LogP) is 4.43. The van der Waals surface area contributed by atoms with Crippen molar-refractivity contribution in [1.82, 2.24) is 10.4 Å². The second kappa shape index (κ2) is 6.30. The van der Waals surface area contributed by atoms with Crippen molar-refractivity contribution >= 4 is 98.9 Å². The first kappa shape index (κ1) is 20.9. The fraction of sp³-hybridized carbons (Fsp3) is 0.312. The molecule has 4 rings (SSSR count). The maximum absolute atomic E-state index is 13.0. The Kier molecular flexibility index (Phi) is 4.69. The van der Waals surface area contributed by atoms with Crippen molar-refractivity contribution in [2.75, 3.05) is 0 Å². The van der Waals surface area contributed by atoms with E-state index in [-0.39, 0.29) is 20.7 Å². The zero-order valence-electron chi connectivity index (χ0n) is 13.3. The molecule has 1 aliphatic heterocycles. The van der Waals surface area contributed by atoms with Crippen LogP contribution in [0.2, 0.25) is 5.02 Å². The third-order valence-electron chi connectivity index (χ3n) is 5.24. The van der Waals surface area contributed by atoms with Crippen LogP contribution in [0.15, 0.2) is 34.3 Å². The number of hydrogen-bond acceptors (Lipinski definition) is 3. The number of halogens is 7. The Morgan fingerprint density at radius 2 is 1.36 bits per heavy atom. The Balaban J connectivity index is 1.74. The van der Waals surface area contributed by atoms with Gasteiger partial charge in [0.1, 0.15) is 9.75 Å². The van der Waals surface area contributed by atoms with Crippen LogP contribution in [0.25, 0.3) is 0 Å². The minimum atomic E-state index is -2.03. The Bertz CT molecular complexity index is 950. The molecule has 0 spiro atoms. The summed E-state index contributed by atoms with van der Waals surface area (Å²) in [4.78, 5) is 34.6. The van der Waals surface area contributed by atoms with Crippen molar-refractivity contribution in [2.24, 2.45) is 11.8 Å². The molecule has 2 bridgehead atoms. The van der Waals surface area contributed by atoms with E-state index >= 15 is 0 Å². The highest BCUT2D eigenvalue weighted by molar-refractivity contribution is 6.66. The molecule has 4 atom stereocenters. The number of allylic oxidation sites excluding steroid dienone is 2. The lowest BCUT2D eigenvalue weighted by molar-refractivity contribution is -0.143. The summed E-state index contributed by atoms with van der Waals surface area (Å²) in [5, 5.41) is 0.239. The van der Waals surface area contributed by atoms with Gasteiger partial charge in [-0.1, -0.05) is 70.1 Å². The highest BCUT2D eigenvalue weighted by Gasteiger charge is 2.87. The van der Waals surface area contributed by atoms with E-state index in [1.54, 1.807) is 12.1 Å². The zero-order valence-corrected chi connectivity index (χ0v) is 18.6. The average Bonchev–Trinajstić information content (AvgIpc) is 3.01. The molecule has 0 radical (unpaired) electrons. The molecule has 1 N–H and O–H groups in total. The van der Waals surface area contributed by atoms with Crippen LogP contribution in [0, 0.1) is 11.8 Å². The van der Waals surface area contributed by atoms with Crippen LogP contribution in [-0.4, -0.2) is 36.8 Å². The molecule has 1 aromatic rings. The second-order valence-corrected chi connectivity index (χ2v) is 10.2. The lowest BCUT2D eigenvalue weighted by Crippen LogP contribution is -2.54. The first-order valence-electron chi connectivity index (χ1n) is 7.67. The van der Waals surface area contributed by atoms with Gasteiger partial charge in [0.05, 0.1) is 32.5 Å². The largest absolute Gasteiger partial charge is 0.272 e. The number of hydrogen-bond donors (Lipinski definition) is 1. The van der Waals surface area contributed by atoms with Gasteiger partial charge in [0.15, 0.2) is 4.33 Å². The number of nitrogens with zero attached hydrogens (tertiary/aromatic N) is 1. The average molecular weight is 523 g/mol. The summed E-state index contributed by atoms with van der Waals surface area (Å²) in [7, 11) is 0. The molecular weight excluding hydrogens is 516 g/mol. The minimum Gasteiger partial charge on any atom is -0.272 e. The molecular formula is C16H7Cl7N2O3. The zero-order chi connectivity index (χ0) is 20.8. The highest BCUT2D eigenvalue weighted by Crippen LogP contribution is 2.77. The molecule has 1 saturated carbocycles. The molecule has 1 heterocycles. The number of carbonyl (C=O) groups excluding carboxylic acids is 3. The summed E-state index contributed by atoms with van der Waals surface area (Å²) in [6.07, 6.45) is 0. The van der Waals surface area contributed by atoms with Gasteiger partial charge in [-0.2, -0.15) is 5.01 Å². The lowest BCUT2D eigenvalue weighted by atomic mass is 9.84. The number of alkyl halides is 4. The fourth-order valence-corrected chi connectivity index (χ4v) is 7.06. The van der Waals surface area contributed by atoms with Crippen LogP contribution in [-0.2, 0) is 9.59 Å². The molecule has 0 aromatic heterocycles. The molecule has 0 unspecified atom stereocenters. The molecule has 2 aliphatic carbocycles. The smallest absolute Gasteiger partial charge is 0.271 e. The lowest BCUT2D eigenvalue weighted by Gasteiger charge is -2.34. The van der Waals surface area contributed by atoms with E-state index in [9.17, 15) is 14.4 Å². The molecule has 148 valence electrons. The maximum Gasteiger partial charge on any atom is 0.271 e. The highest BCUT2D eigenvalue weighted by atomic mass is 35.5. The summed E-state index contributed by atoms with van der Waals surface area (Å²) >= 11 is 44.3. The van der Waals surface area contributed by atoms with Gasteiger partial charge in [-0.3, -0.25) is 19.8 Å². The second-order valence-electron chi connectivity index (χ2n) is 6.51. The number of benzene rings is 1. The van der Waals surface area contributed by atoms with Crippen molar-refractivity contribution in [3.63, 3.8) is 0 Å². The van der Waals surface area contributed by atoms with E-state index < -0.39 is 43.6 Å². The number of carbonyl (C=O) groups is 3. The van der Waals surface area contributed by atoms with E-state index in [0.717, 1.165) is 0 Å². The Hall–Kier alpha value is -0.400. The third kappa shape index (κ3) is 2.16. The Morgan fingerprint density at radius 1 is 0.893 bits per heavy atom. The topological polar surface area (TPSA) is 66.5 Å². The van der Waals surface area contributed by atoms with Gasteiger partial charge in [0.25, 0.3) is 17.7 Å². The molecule has 28 heavy (non-hydrogen) atoms. The fourth-order valence-electron chi connectivity index (χ4n) is 3.91. The Morgan fingerprint density at radius 3 is 1.82 bits per heavy atom. The quantitative estimate of drug-likeness (QED) is 0.461. The van der Waals surface area contributed by atoms with Crippen LogP contribution < -0.4 is 5.43 Å². The summed E-state index contributed by atoms with van der Waals surface area (Å²) < 4.78 is -2.03. The van der Waals surface area contributed by atoms with Gasteiger partial charge in [-0.25, -0.2) is 0 Å². The normalized spacial score (nSPS) is 35.6. The van der Waals surface area contributed by atoms with Crippen molar-refractivity contribution in [2.45, 2.75) is 14.1 Å². The molecule has 1 aromatic carbocycles. The number of nitrogens with one attached hydrogen (secondary N) is 1. The van der Waals surface area contributed by atoms with Crippen LogP contribution in [0.1, 0.15) is 10.4 Å². The van der Waals surface area contributed by atoms with Crippen LogP contribution in [0.3, 0.4) is 0 Å². The number of fused-ring (bicyclic) bond motifs is 5. The Labute approximate surface area is 193 Å². The van der Waals surface area contributed by atoms with Crippen molar-refractivity contribution in [3.05, 3.63) is 44.9 Å². The SMILES string of the molecule is O=C(NN1C(=O)[C@@H]2[C@@H](C1=O)[C@@]1(Cl)C(Cl)=C(Cl)[C@@]2(Cl)C1(Cl)Cl)c1ccccc1Cl. The first-order valence-corrected chi connectivity index (χ1v) is 10.3. The molecule has 5 nitrogen and oxygen atoms in total. The summed E-state index contributed by atoms with van der Waals surface area (Å²) in [6, 6.07) is 6.11. The maximum atomic E-state index is 13.0. The molecule has 12 heteroatoms. The van der Waals surface area contributed by atoms with Gasteiger partial charge in [-0.05, 0) is 12.1 Å². The number of rotatable bonds is 2. The predicted molar refractivity (Wildman–Crippen MR) is 108 cm³/mol.